The van der Waals surface area contributed by atoms with Crippen molar-refractivity contribution in [3.63, 3.8) is 0 Å². The molecule has 0 radical (unpaired) electrons. The van der Waals surface area contributed by atoms with Crippen LogP contribution in [0.1, 0.15) is 17.3 Å². The number of hydrogen-bond acceptors (Lipinski definition) is 5. The van der Waals surface area contributed by atoms with Crippen molar-refractivity contribution in [3.05, 3.63) is 28.8 Å². The molecular formula is C12H11ClO5. The molecule has 0 aromatic heterocycles. The number of fused-ring (bicyclic) bond motifs is 1. The summed E-state index contributed by atoms with van der Waals surface area (Å²) in [6.45, 7) is 1.73. The van der Waals surface area contributed by atoms with Crippen LogP contribution < -0.4 is 4.74 Å². The average molecular weight is 271 g/mol. The van der Waals surface area contributed by atoms with E-state index in [1.54, 1.807) is 13.0 Å². The lowest BCUT2D eigenvalue weighted by molar-refractivity contribution is -0.156. The first-order valence-corrected chi connectivity index (χ1v) is 5.77. The van der Waals surface area contributed by atoms with Crippen LogP contribution in [0.2, 0.25) is 5.02 Å². The van der Waals surface area contributed by atoms with Crippen molar-refractivity contribution < 1.29 is 24.2 Å². The van der Waals surface area contributed by atoms with Crippen LogP contribution in [0.15, 0.2) is 18.2 Å². The fourth-order valence-electron chi connectivity index (χ4n) is 1.70. The van der Waals surface area contributed by atoms with Crippen LogP contribution in [0.4, 0.5) is 0 Å². The maximum Gasteiger partial charge on any atom is 0.339 e. The lowest BCUT2D eigenvalue weighted by Gasteiger charge is -2.15. The largest absolute Gasteiger partial charge is 0.478 e. The molecule has 6 heteroatoms. The SMILES string of the molecule is CCOC(=O)C(O)C1Oc2cc(Cl)ccc2C1=O. The van der Waals surface area contributed by atoms with Gasteiger partial charge in [-0.2, -0.15) is 0 Å². The van der Waals surface area contributed by atoms with Crippen LogP contribution in [0.25, 0.3) is 0 Å². The van der Waals surface area contributed by atoms with Crippen molar-refractivity contribution in [2.45, 2.75) is 19.1 Å². The summed E-state index contributed by atoms with van der Waals surface area (Å²) in [5, 5.41) is 10.1. The second kappa shape index (κ2) is 4.96. The van der Waals surface area contributed by atoms with Gasteiger partial charge in [-0.25, -0.2) is 4.79 Å². The van der Waals surface area contributed by atoms with E-state index in [9.17, 15) is 14.7 Å². The van der Waals surface area contributed by atoms with Crippen molar-refractivity contribution in [1.82, 2.24) is 0 Å². The summed E-state index contributed by atoms with van der Waals surface area (Å²) in [5.74, 6) is -1.07. The second-order valence-corrected chi connectivity index (χ2v) is 4.18. The zero-order valence-corrected chi connectivity index (χ0v) is 10.3. The second-order valence-electron chi connectivity index (χ2n) is 3.74. The molecule has 0 aliphatic carbocycles. The van der Waals surface area contributed by atoms with Gasteiger partial charge in [-0.3, -0.25) is 4.79 Å². The Labute approximate surface area is 108 Å². The van der Waals surface area contributed by atoms with Gasteiger partial charge in [0.1, 0.15) is 5.75 Å². The fraction of sp³-hybridized carbons (Fsp3) is 0.333. The minimum Gasteiger partial charge on any atom is -0.478 e. The molecule has 0 saturated heterocycles. The molecule has 2 atom stereocenters. The number of ketones is 1. The molecule has 1 aromatic carbocycles. The molecule has 1 aliphatic rings. The third kappa shape index (κ3) is 2.19. The Kier molecular flexibility index (Phi) is 3.54. The molecule has 0 fully saturated rings. The van der Waals surface area contributed by atoms with Gasteiger partial charge in [-0.05, 0) is 25.1 Å². The van der Waals surface area contributed by atoms with E-state index in [-0.39, 0.29) is 12.4 Å². The maximum atomic E-state index is 11.9. The van der Waals surface area contributed by atoms with Crippen LogP contribution in [0, 0.1) is 0 Å². The van der Waals surface area contributed by atoms with Gasteiger partial charge in [0.25, 0.3) is 0 Å². The lowest BCUT2D eigenvalue weighted by atomic mass is 10.0. The minimum absolute atomic E-state index is 0.121. The highest BCUT2D eigenvalue weighted by molar-refractivity contribution is 6.31. The number of rotatable bonds is 3. The molecule has 2 unspecified atom stereocenters. The Morgan fingerprint density at radius 2 is 2.33 bits per heavy atom. The molecule has 2 rings (SSSR count). The number of hydrogen-bond donors (Lipinski definition) is 1. The van der Waals surface area contributed by atoms with Crippen LogP contribution in [0.3, 0.4) is 0 Å². The summed E-state index contributed by atoms with van der Waals surface area (Å²) in [7, 11) is 0. The van der Waals surface area contributed by atoms with Gasteiger partial charge < -0.3 is 14.6 Å². The highest BCUT2D eigenvalue weighted by Gasteiger charge is 2.41. The van der Waals surface area contributed by atoms with E-state index in [0.717, 1.165) is 0 Å². The van der Waals surface area contributed by atoms with Gasteiger partial charge in [0.05, 0.1) is 12.2 Å². The molecule has 96 valence electrons. The lowest BCUT2D eigenvalue weighted by Crippen LogP contribution is -2.41. The zero-order chi connectivity index (χ0) is 13.3. The van der Waals surface area contributed by atoms with E-state index in [1.807, 2.05) is 0 Å². The molecule has 0 bridgehead atoms. The monoisotopic (exact) mass is 270 g/mol. The third-order valence-corrected chi connectivity index (χ3v) is 2.77. The van der Waals surface area contributed by atoms with Crippen molar-refractivity contribution in [3.8, 4) is 5.75 Å². The van der Waals surface area contributed by atoms with Gasteiger partial charge in [0.15, 0.2) is 12.2 Å². The fourth-order valence-corrected chi connectivity index (χ4v) is 1.86. The predicted octanol–water partition coefficient (Wildman–Crippen LogP) is 1.21. The summed E-state index contributed by atoms with van der Waals surface area (Å²) in [4.78, 5) is 23.3. The molecule has 1 aromatic rings. The highest BCUT2D eigenvalue weighted by atomic mass is 35.5. The van der Waals surface area contributed by atoms with Gasteiger partial charge in [-0.15, -0.1) is 0 Å². The first-order valence-electron chi connectivity index (χ1n) is 5.39. The Morgan fingerprint density at radius 3 is 3.00 bits per heavy atom. The summed E-state index contributed by atoms with van der Waals surface area (Å²) in [5.41, 5.74) is 0.299. The number of ether oxygens (including phenoxy) is 2. The van der Waals surface area contributed by atoms with Crippen molar-refractivity contribution in [2.24, 2.45) is 0 Å². The Hall–Kier alpha value is -1.59. The Bertz CT molecular complexity index is 499. The van der Waals surface area contributed by atoms with Crippen molar-refractivity contribution in [1.29, 1.82) is 0 Å². The van der Waals surface area contributed by atoms with Crippen molar-refractivity contribution >= 4 is 23.4 Å². The van der Waals surface area contributed by atoms with Crippen LogP contribution in [-0.4, -0.2) is 35.7 Å². The van der Waals surface area contributed by atoms with E-state index in [0.29, 0.717) is 10.6 Å². The number of halogens is 1. The molecule has 0 spiro atoms. The number of aliphatic hydroxyl groups excluding tert-OH is 1. The standard InChI is InChI=1S/C12H11ClO5/c1-2-17-12(16)10(15)11-9(14)7-4-3-6(13)5-8(7)18-11/h3-5,10-11,15H,2H2,1H3. The zero-order valence-electron chi connectivity index (χ0n) is 9.55. The summed E-state index contributed by atoms with van der Waals surface area (Å²) < 4.78 is 9.88. The maximum absolute atomic E-state index is 11.9. The Morgan fingerprint density at radius 1 is 1.61 bits per heavy atom. The Balaban J connectivity index is 2.21. The quantitative estimate of drug-likeness (QED) is 0.836. The molecule has 1 aliphatic heterocycles. The first-order chi connectivity index (χ1) is 8.54. The van der Waals surface area contributed by atoms with E-state index in [2.05, 4.69) is 4.74 Å². The van der Waals surface area contributed by atoms with Gasteiger partial charge in [0, 0.05) is 5.02 Å². The number of esters is 1. The van der Waals surface area contributed by atoms with Gasteiger partial charge in [-0.1, -0.05) is 11.6 Å². The van der Waals surface area contributed by atoms with Gasteiger partial charge in [0.2, 0.25) is 5.78 Å². The van der Waals surface area contributed by atoms with E-state index >= 15 is 0 Å². The molecule has 5 nitrogen and oxygen atoms in total. The number of benzene rings is 1. The molecule has 1 heterocycles. The summed E-state index contributed by atoms with van der Waals surface area (Å²) in [6.07, 6.45) is -2.90. The van der Waals surface area contributed by atoms with Crippen molar-refractivity contribution in [2.75, 3.05) is 6.61 Å². The minimum atomic E-state index is -1.64. The topological polar surface area (TPSA) is 72.8 Å². The summed E-state index contributed by atoms with van der Waals surface area (Å²) in [6, 6.07) is 4.51. The molecule has 0 amide bonds. The molecule has 18 heavy (non-hydrogen) atoms. The van der Waals surface area contributed by atoms with E-state index in [1.165, 1.54) is 12.1 Å². The number of carbonyl (C=O) groups is 2. The average Bonchev–Trinajstić information content (AvgIpc) is 2.65. The number of aliphatic hydroxyl groups is 1. The molecule has 1 N–H and O–H groups in total. The predicted molar refractivity (Wildman–Crippen MR) is 62.8 cm³/mol. The van der Waals surface area contributed by atoms with E-state index in [4.69, 9.17) is 16.3 Å². The summed E-state index contributed by atoms with van der Waals surface area (Å²) >= 11 is 5.77. The normalized spacial score (nSPS) is 19.1. The molecular weight excluding hydrogens is 260 g/mol. The third-order valence-electron chi connectivity index (χ3n) is 2.54. The highest BCUT2D eigenvalue weighted by Crippen LogP contribution is 2.32. The van der Waals surface area contributed by atoms with Crippen LogP contribution in [0.5, 0.6) is 5.75 Å². The van der Waals surface area contributed by atoms with Crippen LogP contribution >= 0.6 is 11.6 Å². The first kappa shape index (κ1) is 12.9. The number of Topliss-reactive ketones (excluding diaryl/α,β-unsaturated/α-hetero) is 1. The molecule has 0 saturated carbocycles. The van der Waals surface area contributed by atoms with E-state index < -0.39 is 24.0 Å². The van der Waals surface area contributed by atoms with Gasteiger partial charge >= 0.3 is 5.97 Å². The number of carbonyl (C=O) groups excluding carboxylic acids is 2. The smallest absolute Gasteiger partial charge is 0.339 e. The van der Waals surface area contributed by atoms with Crippen LogP contribution in [-0.2, 0) is 9.53 Å².